The highest BCUT2D eigenvalue weighted by molar-refractivity contribution is 9.10. The molecule has 1 heterocycles. The van der Waals surface area contributed by atoms with Gasteiger partial charge in [-0.25, -0.2) is 4.98 Å². The van der Waals surface area contributed by atoms with Crippen molar-refractivity contribution in [3.05, 3.63) is 103 Å². The molecular formula is C21H13BrN4O3. The van der Waals surface area contributed by atoms with Crippen LogP contribution in [0.3, 0.4) is 0 Å². The van der Waals surface area contributed by atoms with E-state index in [4.69, 9.17) is 0 Å². The second-order valence-corrected chi connectivity index (χ2v) is 7.09. The number of aromatic nitrogens is 2. The first-order chi connectivity index (χ1) is 14.0. The summed E-state index contributed by atoms with van der Waals surface area (Å²) in [5.41, 5.74) is 1.61. The van der Waals surface area contributed by atoms with Crippen LogP contribution in [-0.2, 0) is 0 Å². The van der Waals surface area contributed by atoms with Gasteiger partial charge in [0.05, 0.1) is 22.0 Å². The minimum atomic E-state index is -0.468. The topological polar surface area (TPSA) is 90.4 Å². The Kier molecular flexibility index (Phi) is 5.01. The van der Waals surface area contributed by atoms with E-state index in [0.717, 1.165) is 10.0 Å². The van der Waals surface area contributed by atoms with E-state index in [1.165, 1.54) is 23.0 Å². The molecule has 0 aliphatic carbocycles. The molecule has 0 unspecified atom stereocenters. The second kappa shape index (κ2) is 7.76. The lowest BCUT2D eigenvalue weighted by Gasteiger charge is -2.09. The lowest BCUT2D eigenvalue weighted by molar-refractivity contribution is -0.384. The van der Waals surface area contributed by atoms with Crippen molar-refractivity contribution in [2.24, 2.45) is 5.10 Å². The standard InChI is InChI=1S/C21H13BrN4O3/c22-16-8-11-19-18(12-16)21(27)25(20(24-19)15-4-2-1-3-5-15)23-13-14-6-9-17(10-7-14)26(28)29/h1-13H/b23-13+. The van der Waals surface area contributed by atoms with E-state index < -0.39 is 4.92 Å². The molecule has 0 bridgehead atoms. The first kappa shape index (κ1) is 18.7. The normalized spacial score (nSPS) is 11.2. The molecule has 7 nitrogen and oxygen atoms in total. The van der Waals surface area contributed by atoms with Crippen LogP contribution in [0.2, 0.25) is 0 Å². The molecular weight excluding hydrogens is 436 g/mol. The maximum absolute atomic E-state index is 13.1. The van der Waals surface area contributed by atoms with Crippen molar-refractivity contribution in [2.45, 2.75) is 0 Å². The summed E-state index contributed by atoms with van der Waals surface area (Å²) in [5.74, 6) is 0.406. The first-order valence-electron chi connectivity index (χ1n) is 8.59. The largest absolute Gasteiger partial charge is 0.282 e. The maximum Gasteiger partial charge on any atom is 0.282 e. The van der Waals surface area contributed by atoms with Crippen LogP contribution in [0.5, 0.6) is 0 Å². The number of fused-ring (bicyclic) bond motifs is 1. The quantitative estimate of drug-likeness (QED) is 0.258. The molecule has 0 aliphatic heterocycles. The van der Waals surface area contributed by atoms with Gasteiger partial charge in [0.25, 0.3) is 11.2 Å². The smallest absolute Gasteiger partial charge is 0.267 e. The lowest BCUT2D eigenvalue weighted by atomic mass is 10.2. The van der Waals surface area contributed by atoms with Gasteiger partial charge in [0.2, 0.25) is 0 Å². The molecule has 0 saturated carbocycles. The Bertz CT molecular complexity index is 1300. The Labute approximate surface area is 173 Å². The summed E-state index contributed by atoms with van der Waals surface area (Å²) in [6.45, 7) is 0. The Morgan fingerprint density at radius 2 is 1.76 bits per heavy atom. The van der Waals surface area contributed by atoms with Crippen molar-refractivity contribution < 1.29 is 4.92 Å². The van der Waals surface area contributed by atoms with Crippen LogP contribution in [0.15, 0.2) is 87.2 Å². The van der Waals surface area contributed by atoms with Gasteiger partial charge in [-0.3, -0.25) is 14.9 Å². The van der Waals surface area contributed by atoms with E-state index in [9.17, 15) is 14.9 Å². The van der Waals surface area contributed by atoms with E-state index in [1.54, 1.807) is 24.3 Å². The number of hydrogen-bond donors (Lipinski definition) is 0. The molecule has 3 aromatic carbocycles. The molecule has 4 aromatic rings. The molecule has 0 saturated heterocycles. The third kappa shape index (κ3) is 3.83. The summed E-state index contributed by atoms with van der Waals surface area (Å²) < 4.78 is 2.01. The summed E-state index contributed by atoms with van der Waals surface area (Å²) in [5, 5.41) is 15.6. The fraction of sp³-hybridized carbons (Fsp3) is 0. The molecule has 1 aromatic heterocycles. The Morgan fingerprint density at radius 3 is 2.45 bits per heavy atom. The van der Waals surface area contributed by atoms with Crippen LogP contribution in [0.4, 0.5) is 5.69 Å². The Balaban J connectivity index is 1.88. The monoisotopic (exact) mass is 448 g/mol. The van der Waals surface area contributed by atoms with Gasteiger partial charge in [-0.15, -0.1) is 0 Å². The van der Waals surface area contributed by atoms with Crippen molar-refractivity contribution in [3.63, 3.8) is 0 Å². The van der Waals surface area contributed by atoms with E-state index in [1.807, 2.05) is 36.4 Å². The molecule has 0 aliphatic rings. The van der Waals surface area contributed by atoms with Crippen molar-refractivity contribution in [1.29, 1.82) is 0 Å². The lowest BCUT2D eigenvalue weighted by Crippen LogP contribution is -2.20. The Hall–Kier alpha value is -3.65. The zero-order valence-electron chi connectivity index (χ0n) is 14.9. The number of benzene rings is 3. The summed E-state index contributed by atoms with van der Waals surface area (Å²) in [7, 11) is 0. The number of nitrogens with zero attached hydrogens (tertiary/aromatic N) is 4. The van der Waals surface area contributed by atoms with Gasteiger partial charge in [-0.1, -0.05) is 46.3 Å². The number of hydrogen-bond acceptors (Lipinski definition) is 5. The van der Waals surface area contributed by atoms with Gasteiger partial charge in [-0.05, 0) is 35.9 Å². The van der Waals surface area contributed by atoms with Crippen LogP contribution in [0.25, 0.3) is 22.3 Å². The molecule has 4 rings (SSSR count). The molecule has 0 fully saturated rings. The van der Waals surface area contributed by atoms with E-state index in [-0.39, 0.29) is 11.2 Å². The fourth-order valence-corrected chi connectivity index (χ4v) is 3.20. The molecule has 142 valence electrons. The summed E-state index contributed by atoms with van der Waals surface area (Å²) >= 11 is 3.38. The van der Waals surface area contributed by atoms with Crippen molar-refractivity contribution in [1.82, 2.24) is 9.66 Å². The summed E-state index contributed by atoms with van der Waals surface area (Å²) in [6.07, 6.45) is 1.48. The third-order valence-electron chi connectivity index (χ3n) is 4.27. The average molecular weight is 449 g/mol. The minimum Gasteiger partial charge on any atom is -0.267 e. The van der Waals surface area contributed by atoms with Crippen LogP contribution in [0.1, 0.15) is 5.56 Å². The fourth-order valence-electron chi connectivity index (χ4n) is 2.84. The second-order valence-electron chi connectivity index (χ2n) is 6.17. The Morgan fingerprint density at radius 1 is 1.03 bits per heavy atom. The van der Waals surface area contributed by atoms with Gasteiger partial charge in [-0.2, -0.15) is 9.78 Å². The first-order valence-corrected chi connectivity index (χ1v) is 9.39. The number of rotatable bonds is 4. The van der Waals surface area contributed by atoms with Gasteiger partial charge in [0, 0.05) is 22.2 Å². The van der Waals surface area contributed by atoms with Gasteiger partial charge in [0.1, 0.15) is 0 Å². The summed E-state index contributed by atoms with van der Waals surface area (Å²) in [4.78, 5) is 28.1. The number of non-ortho nitro benzene ring substituents is 1. The molecule has 29 heavy (non-hydrogen) atoms. The summed E-state index contributed by atoms with van der Waals surface area (Å²) in [6, 6.07) is 20.5. The van der Waals surface area contributed by atoms with Crippen LogP contribution in [-0.4, -0.2) is 20.8 Å². The van der Waals surface area contributed by atoms with E-state index >= 15 is 0 Å². The highest BCUT2D eigenvalue weighted by atomic mass is 79.9. The van der Waals surface area contributed by atoms with Gasteiger partial charge < -0.3 is 0 Å². The van der Waals surface area contributed by atoms with E-state index in [2.05, 4.69) is 26.0 Å². The predicted octanol–water partition coefficient (Wildman–Crippen LogP) is 4.62. The van der Waals surface area contributed by atoms with Crippen LogP contribution >= 0.6 is 15.9 Å². The zero-order valence-corrected chi connectivity index (χ0v) is 16.5. The molecule has 0 radical (unpaired) electrons. The molecule has 0 amide bonds. The van der Waals surface area contributed by atoms with Crippen molar-refractivity contribution in [3.8, 4) is 11.4 Å². The number of halogens is 1. The molecule has 0 spiro atoms. The van der Waals surface area contributed by atoms with Crippen molar-refractivity contribution in [2.75, 3.05) is 0 Å². The van der Waals surface area contributed by atoms with Crippen LogP contribution in [0, 0.1) is 10.1 Å². The number of nitro groups is 1. The molecule has 0 N–H and O–H groups in total. The third-order valence-corrected chi connectivity index (χ3v) is 4.76. The zero-order chi connectivity index (χ0) is 20.4. The molecule has 0 atom stereocenters. The number of nitro benzene ring substituents is 1. The minimum absolute atomic E-state index is 0.0125. The highest BCUT2D eigenvalue weighted by Gasteiger charge is 2.13. The maximum atomic E-state index is 13.1. The predicted molar refractivity (Wildman–Crippen MR) is 115 cm³/mol. The average Bonchev–Trinajstić information content (AvgIpc) is 2.74. The SMILES string of the molecule is O=c1c2cc(Br)ccc2nc(-c2ccccc2)n1/N=C/c1ccc([N+](=O)[O-])cc1. The van der Waals surface area contributed by atoms with Gasteiger partial charge in [0.15, 0.2) is 5.82 Å². The van der Waals surface area contributed by atoms with Crippen LogP contribution < -0.4 is 5.56 Å². The highest BCUT2D eigenvalue weighted by Crippen LogP contribution is 2.21. The van der Waals surface area contributed by atoms with Crippen molar-refractivity contribution >= 4 is 38.7 Å². The van der Waals surface area contributed by atoms with E-state index in [0.29, 0.717) is 22.3 Å². The molecule has 8 heteroatoms. The van der Waals surface area contributed by atoms with Gasteiger partial charge >= 0.3 is 0 Å².